The zero-order valence-corrected chi connectivity index (χ0v) is 8.42. The van der Waals surface area contributed by atoms with Crippen molar-refractivity contribution in [3.63, 3.8) is 0 Å². The van der Waals surface area contributed by atoms with Gasteiger partial charge in [0.15, 0.2) is 0 Å². The van der Waals surface area contributed by atoms with Crippen molar-refractivity contribution in [3.8, 4) is 0 Å². The highest BCUT2D eigenvalue weighted by Crippen LogP contribution is 2.08. The lowest BCUT2D eigenvalue weighted by Crippen LogP contribution is -2.50. The lowest BCUT2D eigenvalue weighted by Gasteiger charge is -2.31. The summed E-state index contributed by atoms with van der Waals surface area (Å²) in [6.45, 7) is 3.98. The maximum Gasteiger partial charge on any atom is 0.234 e. The van der Waals surface area contributed by atoms with Gasteiger partial charge in [0.2, 0.25) is 5.91 Å². The van der Waals surface area contributed by atoms with Gasteiger partial charge in [-0.15, -0.1) is 0 Å². The Labute approximate surface area is 79.5 Å². The molecule has 1 saturated heterocycles. The van der Waals surface area contributed by atoms with Crippen molar-refractivity contribution in [2.24, 2.45) is 5.73 Å². The van der Waals surface area contributed by atoms with Crippen LogP contribution in [0, 0.1) is 0 Å². The van der Waals surface area contributed by atoms with E-state index in [2.05, 4.69) is 17.3 Å². The quantitative estimate of drug-likeness (QED) is 0.626. The van der Waals surface area contributed by atoms with E-state index < -0.39 is 0 Å². The second-order valence-corrected chi connectivity index (χ2v) is 3.89. The van der Waals surface area contributed by atoms with Crippen LogP contribution in [0.1, 0.15) is 19.8 Å². The molecule has 0 aromatic carbocycles. The zero-order valence-electron chi connectivity index (χ0n) is 8.42. The molecule has 1 fully saturated rings. The van der Waals surface area contributed by atoms with Crippen LogP contribution in [0.5, 0.6) is 0 Å². The van der Waals surface area contributed by atoms with E-state index in [4.69, 9.17) is 5.73 Å². The van der Waals surface area contributed by atoms with Crippen LogP contribution in [-0.4, -0.2) is 43.0 Å². The smallest absolute Gasteiger partial charge is 0.234 e. The lowest BCUT2D eigenvalue weighted by molar-refractivity contribution is -0.119. The average Bonchev–Trinajstić information content (AvgIpc) is 2.04. The molecule has 0 aromatic rings. The fraction of sp³-hybridized carbons (Fsp3) is 0.889. The first-order chi connectivity index (χ1) is 6.09. The van der Waals surface area contributed by atoms with Gasteiger partial charge in [0.05, 0.1) is 6.04 Å². The van der Waals surface area contributed by atoms with Gasteiger partial charge in [-0.3, -0.25) is 4.79 Å². The third kappa shape index (κ3) is 3.32. The van der Waals surface area contributed by atoms with Gasteiger partial charge in [-0.2, -0.15) is 0 Å². The molecule has 1 aliphatic rings. The van der Waals surface area contributed by atoms with E-state index in [0.717, 1.165) is 19.5 Å². The summed E-state index contributed by atoms with van der Waals surface area (Å²) in [5, 5.41) is 3.23. The summed E-state index contributed by atoms with van der Waals surface area (Å²) < 4.78 is 0. The molecular weight excluding hydrogens is 166 g/mol. The topological polar surface area (TPSA) is 58.4 Å². The molecule has 3 N–H and O–H groups in total. The number of piperidine rings is 1. The van der Waals surface area contributed by atoms with Crippen LogP contribution in [0.3, 0.4) is 0 Å². The van der Waals surface area contributed by atoms with Gasteiger partial charge in [-0.05, 0) is 33.4 Å². The normalized spacial score (nSPS) is 27.1. The second-order valence-electron chi connectivity index (χ2n) is 3.89. The van der Waals surface area contributed by atoms with Gasteiger partial charge in [0.25, 0.3) is 0 Å². The van der Waals surface area contributed by atoms with E-state index in [1.807, 2.05) is 6.92 Å². The Morgan fingerprint density at radius 1 is 1.69 bits per heavy atom. The Bertz CT molecular complexity index is 184. The standard InChI is InChI=1S/C9H19N3O/c1-7(9(10)13)11-8-4-3-5-12(2)6-8/h7-8,11H,3-6H2,1-2H3,(H2,10,13). The fourth-order valence-corrected chi connectivity index (χ4v) is 1.74. The minimum atomic E-state index is -0.270. The largest absolute Gasteiger partial charge is 0.368 e. The Kier molecular flexibility index (Phi) is 3.69. The van der Waals surface area contributed by atoms with E-state index in [1.165, 1.54) is 6.42 Å². The lowest BCUT2D eigenvalue weighted by atomic mass is 10.1. The number of nitrogens with zero attached hydrogens (tertiary/aromatic N) is 1. The van der Waals surface area contributed by atoms with Crippen molar-refractivity contribution in [2.75, 3.05) is 20.1 Å². The predicted molar refractivity (Wildman–Crippen MR) is 52.3 cm³/mol. The number of nitrogens with one attached hydrogen (secondary N) is 1. The van der Waals surface area contributed by atoms with Gasteiger partial charge in [0.1, 0.15) is 0 Å². The van der Waals surface area contributed by atoms with Crippen LogP contribution in [0.4, 0.5) is 0 Å². The third-order valence-electron chi connectivity index (χ3n) is 2.54. The SMILES string of the molecule is CC(NC1CCCN(C)C1)C(N)=O. The predicted octanol–water partition coefficient (Wildman–Crippen LogP) is -0.456. The minimum Gasteiger partial charge on any atom is -0.368 e. The molecule has 1 rings (SSSR count). The second kappa shape index (κ2) is 4.58. The molecule has 13 heavy (non-hydrogen) atoms. The van der Waals surface area contributed by atoms with Crippen LogP contribution in [0.15, 0.2) is 0 Å². The van der Waals surface area contributed by atoms with Gasteiger partial charge in [-0.1, -0.05) is 0 Å². The number of likely N-dealkylation sites (tertiary alicyclic amines) is 1. The summed E-state index contributed by atoms with van der Waals surface area (Å²) >= 11 is 0. The van der Waals surface area contributed by atoms with E-state index in [-0.39, 0.29) is 11.9 Å². The van der Waals surface area contributed by atoms with Crippen LogP contribution in [0.25, 0.3) is 0 Å². The van der Waals surface area contributed by atoms with Crippen LogP contribution in [-0.2, 0) is 4.79 Å². The van der Waals surface area contributed by atoms with Crippen molar-refractivity contribution in [1.29, 1.82) is 0 Å². The molecule has 0 aromatic heterocycles. The molecule has 0 spiro atoms. The van der Waals surface area contributed by atoms with Gasteiger partial charge < -0.3 is 16.0 Å². The molecule has 2 unspecified atom stereocenters. The number of amides is 1. The summed E-state index contributed by atoms with van der Waals surface area (Å²) in [7, 11) is 2.10. The highest BCUT2D eigenvalue weighted by atomic mass is 16.1. The summed E-state index contributed by atoms with van der Waals surface area (Å²) in [5.41, 5.74) is 5.17. The molecule has 0 bridgehead atoms. The molecule has 2 atom stereocenters. The minimum absolute atomic E-state index is 0.212. The number of primary amides is 1. The van der Waals surface area contributed by atoms with E-state index in [1.54, 1.807) is 0 Å². The Balaban J connectivity index is 2.31. The van der Waals surface area contributed by atoms with E-state index >= 15 is 0 Å². The number of hydrogen-bond donors (Lipinski definition) is 2. The van der Waals surface area contributed by atoms with Gasteiger partial charge >= 0.3 is 0 Å². The first-order valence-electron chi connectivity index (χ1n) is 4.83. The summed E-state index contributed by atoms with van der Waals surface area (Å²) in [6, 6.07) is 0.206. The molecule has 0 radical (unpaired) electrons. The maximum absolute atomic E-state index is 10.8. The molecular formula is C9H19N3O. The first-order valence-corrected chi connectivity index (χ1v) is 4.83. The highest BCUT2D eigenvalue weighted by Gasteiger charge is 2.20. The van der Waals surface area contributed by atoms with Crippen molar-refractivity contribution in [3.05, 3.63) is 0 Å². The third-order valence-corrected chi connectivity index (χ3v) is 2.54. The number of likely N-dealkylation sites (N-methyl/N-ethyl adjacent to an activating group) is 1. The summed E-state index contributed by atoms with van der Waals surface area (Å²) in [6.07, 6.45) is 2.33. The molecule has 0 aliphatic carbocycles. The number of carbonyl (C=O) groups excluding carboxylic acids is 1. The molecule has 76 valence electrons. The molecule has 1 aliphatic heterocycles. The maximum atomic E-state index is 10.8. The first kappa shape index (κ1) is 10.5. The number of carbonyl (C=O) groups is 1. The van der Waals surface area contributed by atoms with Crippen molar-refractivity contribution in [2.45, 2.75) is 31.8 Å². The van der Waals surface area contributed by atoms with Crippen LogP contribution >= 0.6 is 0 Å². The molecule has 1 amide bonds. The molecule has 1 heterocycles. The Hall–Kier alpha value is -0.610. The zero-order chi connectivity index (χ0) is 9.84. The van der Waals surface area contributed by atoms with Crippen LogP contribution < -0.4 is 11.1 Å². The average molecular weight is 185 g/mol. The van der Waals surface area contributed by atoms with E-state index in [9.17, 15) is 4.79 Å². The Morgan fingerprint density at radius 3 is 2.92 bits per heavy atom. The molecule has 4 nitrogen and oxygen atoms in total. The Morgan fingerprint density at radius 2 is 2.38 bits per heavy atom. The van der Waals surface area contributed by atoms with Gasteiger partial charge in [-0.25, -0.2) is 0 Å². The van der Waals surface area contributed by atoms with Crippen molar-refractivity contribution in [1.82, 2.24) is 10.2 Å². The van der Waals surface area contributed by atoms with E-state index in [0.29, 0.717) is 6.04 Å². The van der Waals surface area contributed by atoms with Gasteiger partial charge in [0, 0.05) is 12.6 Å². The fourth-order valence-electron chi connectivity index (χ4n) is 1.74. The number of nitrogens with two attached hydrogens (primary N) is 1. The molecule has 0 saturated carbocycles. The summed E-state index contributed by atoms with van der Waals surface area (Å²) in [5.74, 6) is -0.270. The van der Waals surface area contributed by atoms with Crippen molar-refractivity contribution >= 4 is 5.91 Å². The highest BCUT2D eigenvalue weighted by molar-refractivity contribution is 5.79. The monoisotopic (exact) mass is 185 g/mol. The molecule has 4 heteroatoms. The number of hydrogen-bond acceptors (Lipinski definition) is 3. The van der Waals surface area contributed by atoms with Crippen LogP contribution in [0.2, 0.25) is 0 Å². The van der Waals surface area contributed by atoms with Crippen molar-refractivity contribution < 1.29 is 4.79 Å². The number of rotatable bonds is 3. The summed E-state index contributed by atoms with van der Waals surface area (Å²) in [4.78, 5) is 13.1.